The molecule has 0 unspecified atom stereocenters. The molecule has 3 rings (SSSR count). The van der Waals surface area contributed by atoms with Gasteiger partial charge in [-0.3, -0.25) is 9.59 Å². The predicted molar refractivity (Wildman–Crippen MR) is 113 cm³/mol. The van der Waals surface area contributed by atoms with Gasteiger partial charge in [-0.05, 0) is 30.2 Å². The van der Waals surface area contributed by atoms with Crippen LogP contribution < -0.4 is 5.32 Å². The van der Waals surface area contributed by atoms with Gasteiger partial charge < -0.3 is 5.32 Å². The molecule has 0 bridgehead atoms. The summed E-state index contributed by atoms with van der Waals surface area (Å²) >= 11 is 5.88. The molecule has 1 N–H and O–H groups in total. The van der Waals surface area contributed by atoms with Crippen molar-refractivity contribution in [1.82, 2.24) is 5.32 Å². The third kappa shape index (κ3) is 5.33. The minimum Gasteiger partial charge on any atom is -0.351 e. The maximum Gasteiger partial charge on any atom is 0.417 e. The molecule has 0 aliphatic carbocycles. The number of rotatable bonds is 6. The van der Waals surface area contributed by atoms with E-state index in [2.05, 4.69) is 5.32 Å². The van der Waals surface area contributed by atoms with Crippen LogP contribution in [0.5, 0.6) is 0 Å². The van der Waals surface area contributed by atoms with E-state index < -0.39 is 28.6 Å². The summed E-state index contributed by atoms with van der Waals surface area (Å²) in [5, 5.41) is 2.19. The van der Waals surface area contributed by atoms with Gasteiger partial charge in [0.15, 0.2) is 5.78 Å². The van der Waals surface area contributed by atoms with Gasteiger partial charge in [-0.15, -0.1) is 0 Å². The van der Waals surface area contributed by atoms with Crippen LogP contribution in [0.1, 0.15) is 45.5 Å². The van der Waals surface area contributed by atoms with E-state index in [0.717, 1.165) is 6.07 Å². The number of alkyl halides is 3. The number of nitrogens with one attached hydrogen (secondary N) is 1. The Morgan fingerprint density at radius 3 is 2.26 bits per heavy atom. The lowest BCUT2D eigenvalue weighted by atomic mass is 9.95. The Hall–Kier alpha value is -3.12. The molecule has 3 aromatic carbocycles. The van der Waals surface area contributed by atoms with Crippen molar-refractivity contribution in [3.8, 4) is 0 Å². The van der Waals surface area contributed by atoms with Crippen molar-refractivity contribution in [3.63, 3.8) is 0 Å². The predicted octanol–water partition coefficient (Wildman–Crippen LogP) is 6.01. The van der Waals surface area contributed by atoms with Crippen molar-refractivity contribution in [1.29, 1.82) is 0 Å². The molecule has 160 valence electrons. The molecule has 0 spiro atoms. The highest BCUT2D eigenvalue weighted by atomic mass is 35.5. The van der Waals surface area contributed by atoms with Crippen LogP contribution in [0.4, 0.5) is 13.2 Å². The number of carbonyl (C=O) groups is 2. The molecule has 0 heterocycles. The van der Waals surface area contributed by atoms with Gasteiger partial charge in [0.25, 0.3) is 0 Å². The Kier molecular flexibility index (Phi) is 6.81. The largest absolute Gasteiger partial charge is 0.417 e. The summed E-state index contributed by atoms with van der Waals surface area (Å²) in [6.45, 7) is 1.52. The fourth-order valence-corrected chi connectivity index (χ4v) is 3.43. The van der Waals surface area contributed by atoms with Crippen LogP contribution in [0, 0.1) is 0 Å². The van der Waals surface area contributed by atoms with Crippen molar-refractivity contribution in [3.05, 3.63) is 106 Å². The summed E-state index contributed by atoms with van der Waals surface area (Å²) in [6, 6.07) is 19.1. The number of carbonyl (C=O) groups excluding carboxylic acids is 2. The van der Waals surface area contributed by atoms with Crippen LogP contribution in [0.2, 0.25) is 5.02 Å². The maximum absolute atomic E-state index is 13.0. The fourth-order valence-electron chi connectivity index (χ4n) is 3.13. The molecule has 1 amide bonds. The Balaban J connectivity index is 1.72. The number of halogens is 4. The zero-order chi connectivity index (χ0) is 22.6. The molecular formula is C24H19ClF3NO2. The average molecular weight is 446 g/mol. The molecule has 3 aromatic rings. The lowest BCUT2D eigenvalue weighted by molar-refractivity contribution is -0.137. The molecular weight excluding hydrogens is 427 g/mol. The van der Waals surface area contributed by atoms with Gasteiger partial charge in [0, 0.05) is 17.7 Å². The van der Waals surface area contributed by atoms with Crippen LogP contribution >= 0.6 is 11.6 Å². The third-order valence-corrected chi connectivity index (χ3v) is 5.36. The summed E-state index contributed by atoms with van der Waals surface area (Å²) in [6.07, 6.45) is -4.57. The summed E-state index contributed by atoms with van der Waals surface area (Å²) in [5.74, 6) is -1.17. The Bertz CT molecular complexity index is 1100. The van der Waals surface area contributed by atoms with E-state index in [1.165, 1.54) is 12.1 Å². The molecule has 7 heteroatoms. The van der Waals surface area contributed by atoms with Gasteiger partial charge in [-0.1, -0.05) is 72.3 Å². The van der Waals surface area contributed by atoms with E-state index in [4.69, 9.17) is 11.6 Å². The van der Waals surface area contributed by atoms with E-state index in [1.807, 2.05) is 6.07 Å². The van der Waals surface area contributed by atoms with E-state index in [1.54, 1.807) is 55.5 Å². The molecule has 0 saturated carbocycles. The summed E-state index contributed by atoms with van der Waals surface area (Å²) in [4.78, 5) is 25.2. The summed E-state index contributed by atoms with van der Waals surface area (Å²) in [7, 11) is 0. The first-order chi connectivity index (χ1) is 14.7. The first-order valence-corrected chi connectivity index (χ1v) is 9.88. The first kappa shape index (κ1) is 22.6. The van der Waals surface area contributed by atoms with Gasteiger partial charge in [-0.25, -0.2) is 0 Å². The van der Waals surface area contributed by atoms with Crippen LogP contribution in [0.25, 0.3) is 0 Å². The van der Waals surface area contributed by atoms with Crippen molar-refractivity contribution >= 4 is 23.3 Å². The maximum atomic E-state index is 13.0. The molecule has 0 aromatic heterocycles. The van der Waals surface area contributed by atoms with Crippen LogP contribution in [-0.4, -0.2) is 11.7 Å². The molecule has 0 radical (unpaired) electrons. The number of amides is 1. The lowest BCUT2D eigenvalue weighted by Crippen LogP contribution is -2.28. The van der Waals surface area contributed by atoms with Crippen molar-refractivity contribution in [2.45, 2.75) is 25.6 Å². The van der Waals surface area contributed by atoms with Gasteiger partial charge in [0.2, 0.25) is 5.91 Å². The fraction of sp³-hybridized carbons (Fsp3) is 0.167. The number of benzene rings is 3. The molecule has 0 saturated heterocycles. The molecule has 0 aliphatic rings. The quantitative estimate of drug-likeness (QED) is 0.472. The van der Waals surface area contributed by atoms with E-state index in [-0.39, 0.29) is 17.9 Å². The number of hydrogen-bond donors (Lipinski definition) is 1. The van der Waals surface area contributed by atoms with Crippen LogP contribution in [0.3, 0.4) is 0 Å². The molecule has 31 heavy (non-hydrogen) atoms. The Labute approximate surface area is 182 Å². The molecule has 0 aliphatic heterocycles. The molecule has 1 atom stereocenters. The standard InChI is InChI=1S/C24H19ClF3NO2/c1-15(17-9-5-10-18(13-17)22(30)16-7-3-2-4-8-16)23(31)29-14-19-11-6-12-20(21(19)25)24(26,27)28/h2-13,15H,14H2,1H3,(H,29,31)/t15-/m1/s1. The minimum absolute atomic E-state index is 0.144. The number of ketones is 1. The van der Waals surface area contributed by atoms with E-state index in [0.29, 0.717) is 16.7 Å². The zero-order valence-corrected chi connectivity index (χ0v) is 17.3. The summed E-state index contributed by atoms with van der Waals surface area (Å²) in [5.41, 5.74) is 0.834. The van der Waals surface area contributed by atoms with Gasteiger partial charge in [0.05, 0.1) is 16.5 Å². The smallest absolute Gasteiger partial charge is 0.351 e. The van der Waals surface area contributed by atoms with Crippen LogP contribution in [0.15, 0.2) is 72.8 Å². The molecule has 0 fully saturated rings. The second-order valence-electron chi connectivity index (χ2n) is 7.04. The van der Waals surface area contributed by atoms with Gasteiger partial charge >= 0.3 is 6.18 Å². The monoisotopic (exact) mass is 445 g/mol. The third-order valence-electron chi connectivity index (χ3n) is 4.92. The second kappa shape index (κ2) is 9.35. The normalized spacial score (nSPS) is 12.3. The topological polar surface area (TPSA) is 46.2 Å². The zero-order valence-electron chi connectivity index (χ0n) is 16.5. The number of hydrogen-bond acceptors (Lipinski definition) is 2. The lowest BCUT2D eigenvalue weighted by Gasteiger charge is -2.16. The van der Waals surface area contributed by atoms with Crippen molar-refractivity contribution in [2.75, 3.05) is 0 Å². The highest BCUT2D eigenvalue weighted by Gasteiger charge is 2.33. The van der Waals surface area contributed by atoms with Gasteiger partial charge in [-0.2, -0.15) is 13.2 Å². The van der Waals surface area contributed by atoms with Crippen LogP contribution in [-0.2, 0) is 17.5 Å². The van der Waals surface area contributed by atoms with Gasteiger partial charge in [0.1, 0.15) is 0 Å². The second-order valence-corrected chi connectivity index (χ2v) is 7.41. The highest BCUT2D eigenvalue weighted by molar-refractivity contribution is 6.32. The average Bonchev–Trinajstić information content (AvgIpc) is 2.77. The van der Waals surface area contributed by atoms with E-state index >= 15 is 0 Å². The van der Waals surface area contributed by atoms with Crippen molar-refractivity contribution < 1.29 is 22.8 Å². The SMILES string of the molecule is C[C@@H](C(=O)NCc1cccc(C(F)(F)F)c1Cl)c1cccc(C(=O)c2ccccc2)c1. The van der Waals surface area contributed by atoms with Crippen molar-refractivity contribution in [2.24, 2.45) is 0 Å². The Morgan fingerprint density at radius 2 is 1.58 bits per heavy atom. The minimum atomic E-state index is -4.57. The van der Waals surface area contributed by atoms with E-state index in [9.17, 15) is 22.8 Å². The first-order valence-electron chi connectivity index (χ1n) is 9.50. The Morgan fingerprint density at radius 1 is 0.935 bits per heavy atom. The summed E-state index contributed by atoms with van der Waals surface area (Å²) < 4.78 is 39.0. The highest BCUT2D eigenvalue weighted by Crippen LogP contribution is 2.36. The molecule has 3 nitrogen and oxygen atoms in total.